The number of nitrogens with one attached hydrogen (secondary N) is 1. The highest BCUT2D eigenvalue weighted by Gasteiger charge is 2.30. The molecular weight excluding hydrogens is 274 g/mol. The lowest BCUT2D eigenvalue weighted by atomic mass is 9.98. The number of carbonyl (C=O) groups is 3. The number of aliphatic carboxylic acids is 1. The fourth-order valence-corrected chi connectivity index (χ4v) is 1.75. The minimum absolute atomic E-state index is 0.159. The van der Waals surface area contributed by atoms with Gasteiger partial charge in [-0.3, -0.25) is 14.4 Å². The molecule has 0 aliphatic rings. The van der Waals surface area contributed by atoms with Crippen molar-refractivity contribution < 1.29 is 24.2 Å². The first-order chi connectivity index (χ1) is 9.95. The molecule has 1 rings (SSSR count). The Balaban J connectivity index is 2.84. The van der Waals surface area contributed by atoms with Crippen molar-refractivity contribution in [1.29, 1.82) is 0 Å². The van der Waals surface area contributed by atoms with E-state index < -0.39 is 29.8 Å². The van der Waals surface area contributed by atoms with Gasteiger partial charge in [0, 0.05) is 0 Å². The summed E-state index contributed by atoms with van der Waals surface area (Å²) in [5.41, 5.74) is 0.800. The number of hydrogen-bond donors (Lipinski definition) is 2. The molecule has 2 N–H and O–H groups in total. The topological polar surface area (TPSA) is 92.7 Å². The number of ether oxygens (including phenoxy) is 1. The summed E-state index contributed by atoms with van der Waals surface area (Å²) < 4.78 is 4.89. The molecule has 114 valence electrons. The summed E-state index contributed by atoms with van der Waals surface area (Å²) in [5.74, 6) is -3.52. The number of esters is 1. The number of amides is 1. The molecule has 6 heteroatoms. The zero-order valence-electron chi connectivity index (χ0n) is 12.0. The van der Waals surface area contributed by atoms with E-state index in [4.69, 9.17) is 9.84 Å². The number of hydrogen-bond acceptors (Lipinski definition) is 4. The number of carboxylic acids is 1. The van der Waals surface area contributed by atoms with E-state index in [1.807, 2.05) is 6.07 Å². The minimum Gasteiger partial charge on any atom is -0.480 e. The highest BCUT2D eigenvalue weighted by molar-refractivity contribution is 5.99. The highest BCUT2D eigenvalue weighted by atomic mass is 16.5. The van der Waals surface area contributed by atoms with Crippen molar-refractivity contribution >= 4 is 17.8 Å². The highest BCUT2D eigenvalue weighted by Crippen LogP contribution is 2.11. The molecule has 0 saturated heterocycles. The second kappa shape index (κ2) is 8.04. The van der Waals surface area contributed by atoms with Gasteiger partial charge >= 0.3 is 11.9 Å². The first-order valence-corrected chi connectivity index (χ1v) is 6.69. The predicted molar refractivity (Wildman–Crippen MR) is 75.5 cm³/mol. The zero-order chi connectivity index (χ0) is 15.8. The third kappa shape index (κ3) is 5.25. The van der Waals surface area contributed by atoms with Crippen LogP contribution in [0, 0.1) is 5.92 Å². The van der Waals surface area contributed by atoms with Crippen LogP contribution in [0.2, 0.25) is 0 Å². The molecule has 0 aliphatic heterocycles. The third-order valence-electron chi connectivity index (χ3n) is 2.90. The Bertz CT molecular complexity index is 500. The lowest BCUT2D eigenvalue weighted by molar-refractivity contribution is -0.153. The van der Waals surface area contributed by atoms with Gasteiger partial charge in [-0.1, -0.05) is 30.3 Å². The van der Waals surface area contributed by atoms with Crippen LogP contribution in [0.4, 0.5) is 0 Å². The van der Waals surface area contributed by atoms with Gasteiger partial charge in [-0.25, -0.2) is 0 Å². The van der Waals surface area contributed by atoms with Crippen LogP contribution in [-0.2, 0) is 25.5 Å². The maximum Gasteiger partial charge on any atom is 0.325 e. The van der Waals surface area contributed by atoms with E-state index in [1.54, 1.807) is 31.2 Å². The standard InChI is InChI=1S/C15H19NO5/c1-3-21-15(20)12(9-11-7-5-4-6-8-11)13(17)16-10(2)14(18)19/h4-8,10,12H,3,9H2,1-2H3,(H,16,17)(H,18,19)/t10?,12-/m0/s1. The van der Waals surface area contributed by atoms with E-state index in [0.717, 1.165) is 5.56 Å². The number of carbonyl (C=O) groups excluding carboxylic acids is 2. The van der Waals surface area contributed by atoms with E-state index >= 15 is 0 Å². The number of carboxylic acid groups (broad SMARTS) is 1. The smallest absolute Gasteiger partial charge is 0.325 e. The Labute approximate surface area is 123 Å². The summed E-state index contributed by atoms with van der Waals surface area (Å²) in [6, 6.07) is 7.95. The Morgan fingerprint density at radius 3 is 2.38 bits per heavy atom. The summed E-state index contributed by atoms with van der Waals surface area (Å²) in [5, 5.41) is 11.1. The molecule has 0 aliphatic carbocycles. The second-order valence-electron chi connectivity index (χ2n) is 4.56. The molecule has 0 radical (unpaired) electrons. The Hall–Kier alpha value is -2.37. The monoisotopic (exact) mass is 293 g/mol. The lowest BCUT2D eigenvalue weighted by Crippen LogP contribution is -2.45. The SMILES string of the molecule is CCOC(=O)[C@@H](Cc1ccccc1)C(=O)NC(C)C(=O)O. The van der Waals surface area contributed by atoms with E-state index in [2.05, 4.69) is 5.32 Å². The van der Waals surface area contributed by atoms with Crippen LogP contribution in [0.25, 0.3) is 0 Å². The van der Waals surface area contributed by atoms with E-state index in [1.165, 1.54) is 6.92 Å². The molecule has 1 aromatic rings. The molecule has 1 amide bonds. The van der Waals surface area contributed by atoms with Gasteiger partial charge in [0.05, 0.1) is 6.61 Å². The fraction of sp³-hybridized carbons (Fsp3) is 0.400. The molecule has 6 nitrogen and oxygen atoms in total. The van der Waals surface area contributed by atoms with Crippen LogP contribution in [0.1, 0.15) is 19.4 Å². The van der Waals surface area contributed by atoms with Crippen LogP contribution in [0.15, 0.2) is 30.3 Å². The molecular formula is C15H19NO5. The van der Waals surface area contributed by atoms with Crippen molar-refractivity contribution in [2.45, 2.75) is 26.3 Å². The van der Waals surface area contributed by atoms with Crippen molar-refractivity contribution in [2.75, 3.05) is 6.61 Å². The van der Waals surface area contributed by atoms with Gasteiger partial charge in [0.15, 0.2) is 0 Å². The Kier molecular flexibility index (Phi) is 6.39. The van der Waals surface area contributed by atoms with Gasteiger partial charge in [0.25, 0.3) is 0 Å². The van der Waals surface area contributed by atoms with Gasteiger partial charge in [-0.05, 0) is 25.8 Å². The van der Waals surface area contributed by atoms with Crippen molar-refractivity contribution in [3.05, 3.63) is 35.9 Å². The fourth-order valence-electron chi connectivity index (χ4n) is 1.75. The maximum atomic E-state index is 12.1. The summed E-state index contributed by atoms with van der Waals surface area (Å²) in [7, 11) is 0. The molecule has 0 bridgehead atoms. The Morgan fingerprint density at radius 2 is 1.86 bits per heavy atom. The van der Waals surface area contributed by atoms with Crippen LogP contribution in [-0.4, -0.2) is 35.6 Å². The average molecular weight is 293 g/mol. The molecule has 0 fully saturated rings. The van der Waals surface area contributed by atoms with Crippen molar-refractivity contribution in [2.24, 2.45) is 5.92 Å². The van der Waals surface area contributed by atoms with E-state index in [-0.39, 0.29) is 13.0 Å². The predicted octanol–water partition coefficient (Wildman–Crippen LogP) is 0.998. The Morgan fingerprint density at radius 1 is 1.24 bits per heavy atom. The molecule has 0 saturated carbocycles. The minimum atomic E-state index is -1.16. The summed E-state index contributed by atoms with van der Waals surface area (Å²) in [6.07, 6.45) is 0.165. The van der Waals surface area contributed by atoms with Crippen molar-refractivity contribution in [3.63, 3.8) is 0 Å². The van der Waals surface area contributed by atoms with Crippen LogP contribution in [0.5, 0.6) is 0 Å². The quantitative estimate of drug-likeness (QED) is 0.578. The second-order valence-corrected chi connectivity index (χ2v) is 4.56. The lowest BCUT2D eigenvalue weighted by Gasteiger charge is -2.17. The zero-order valence-corrected chi connectivity index (χ0v) is 12.0. The summed E-state index contributed by atoms with van der Waals surface area (Å²) in [6.45, 7) is 3.14. The molecule has 2 atom stereocenters. The van der Waals surface area contributed by atoms with Crippen LogP contribution in [0.3, 0.4) is 0 Å². The summed E-state index contributed by atoms with van der Waals surface area (Å²) >= 11 is 0. The largest absolute Gasteiger partial charge is 0.480 e. The first-order valence-electron chi connectivity index (χ1n) is 6.69. The third-order valence-corrected chi connectivity index (χ3v) is 2.90. The van der Waals surface area contributed by atoms with Gasteiger partial charge in [0.1, 0.15) is 12.0 Å². The first kappa shape index (κ1) is 16.7. The van der Waals surface area contributed by atoms with E-state index in [0.29, 0.717) is 0 Å². The average Bonchev–Trinajstić information content (AvgIpc) is 2.45. The molecule has 1 aromatic carbocycles. The number of benzene rings is 1. The molecule has 0 heterocycles. The van der Waals surface area contributed by atoms with Gasteiger partial charge < -0.3 is 15.2 Å². The molecule has 1 unspecified atom stereocenters. The molecule has 0 aromatic heterocycles. The van der Waals surface area contributed by atoms with Crippen LogP contribution >= 0.6 is 0 Å². The van der Waals surface area contributed by atoms with Crippen molar-refractivity contribution in [3.8, 4) is 0 Å². The summed E-state index contributed by atoms with van der Waals surface area (Å²) in [4.78, 5) is 34.8. The normalized spacial score (nSPS) is 13.0. The molecule has 21 heavy (non-hydrogen) atoms. The van der Waals surface area contributed by atoms with Gasteiger partial charge in [-0.2, -0.15) is 0 Å². The van der Waals surface area contributed by atoms with Crippen LogP contribution < -0.4 is 5.32 Å². The van der Waals surface area contributed by atoms with Crippen molar-refractivity contribution in [1.82, 2.24) is 5.32 Å². The van der Waals surface area contributed by atoms with Gasteiger partial charge in [0.2, 0.25) is 5.91 Å². The van der Waals surface area contributed by atoms with Gasteiger partial charge in [-0.15, -0.1) is 0 Å². The maximum absolute atomic E-state index is 12.1. The number of rotatable bonds is 7. The van der Waals surface area contributed by atoms with E-state index in [9.17, 15) is 14.4 Å². The molecule has 0 spiro atoms.